The van der Waals surface area contributed by atoms with Crippen molar-refractivity contribution in [3.05, 3.63) is 53.6 Å². The number of carbonyl (C=O) groups is 2. The molecule has 154 valence electrons. The van der Waals surface area contributed by atoms with E-state index in [0.29, 0.717) is 24.3 Å². The van der Waals surface area contributed by atoms with Crippen molar-refractivity contribution in [2.75, 3.05) is 14.2 Å². The molecule has 1 aliphatic rings. The van der Waals surface area contributed by atoms with E-state index in [1.54, 1.807) is 21.1 Å². The molecule has 1 aliphatic heterocycles. The predicted molar refractivity (Wildman–Crippen MR) is 113 cm³/mol. The van der Waals surface area contributed by atoms with Gasteiger partial charge in [0.15, 0.2) is 16.9 Å². The highest BCUT2D eigenvalue weighted by atomic mass is 32.2. The first-order valence-electron chi connectivity index (χ1n) is 9.52. The van der Waals surface area contributed by atoms with E-state index in [0.717, 1.165) is 10.5 Å². The van der Waals surface area contributed by atoms with E-state index in [4.69, 9.17) is 14.2 Å². The number of carbonyl (C=O) groups excluding carboxylic acids is 2. The highest BCUT2D eigenvalue weighted by Gasteiger charge is 2.51. The number of methoxy groups -OCH3 is 2. The van der Waals surface area contributed by atoms with Crippen LogP contribution < -0.4 is 9.47 Å². The first-order valence-corrected chi connectivity index (χ1v) is 10.4. The number of aryl methyl sites for hydroxylation is 1. The average molecular weight is 415 g/mol. The summed E-state index contributed by atoms with van der Waals surface area (Å²) in [6.07, 6.45) is 1.11. The van der Waals surface area contributed by atoms with Crippen molar-refractivity contribution in [1.82, 2.24) is 0 Å². The molecule has 1 fully saturated rings. The van der Waals surface area contributed by atoms with Crippen LogP contribution in [0.4, 0.5) is 0 Å². The third-order valence-electron chi connectivity index (χ3n) is 5.30. The van der Waals surface area contributed by atoms with Gasteiger partial charge in [0.2, 0.25) is 0 Å². The zero-order chi connectivity index (χ0) is 21.0. The molecule has 0 aromatic heterocycles. The van der Waals surface area contributed by atoms with E-state index in [9.17, 15) is 9.59 Å². The number of benzene rings is 2. The molecule has 5 nitrogen and oxygen atoms in total. The van der Waals surface area contributed by atoms with Gasteiger partial charge in [-0.1, -0.05) is 35.5 Å². The Hall–Kier alpha value is -2.47. The molecule has 0 radical (unpaired) electrons. The molecule has 0 unspecified atom stereocenters. The highest BCUT2D eigenvalue weighted by molar-refractivity contribution is 7.99. The molecule has 1 heterocycles. The Morgan fingerprint density at radius 1 is 1.14 bits per heavy atom. The fourth-order valence-corrected chi connectivity index (χ4v) is 4.88. The summed E-state index contributed by atoms with van der Waals surface area (Å²) in [5.74, 6) is 1.04. The molecule has 2 atom stereocenters. The minimum atomic E-state index is -0.627. The average Bonchev–Trinajstić information content (AvgIpc) is 3.03. The molecule has 0 N–H and O–H groups in total. The second-order valence-corrected chi connectivity index (χ2v) is 8.49. The standard InChI is InChI=1S/C23H26O5S/c1-15-5-8-18(9-6-15)29-22-23(12-11-16(2)24,14-21(25)28-22)17-7-10-19(26-3)20(13-17)27-4/h5-10,13,22H,11-12,14H2,1-4H3/t22-,23-/m1/s1. The van der Waals surface area contributed by atoms with Gasteiger partial charge in [-0.2, -0.15) is 0 Å². The van der Waals surface area contributed by atoms with Gasteiger partial charge in [-0.05, 0) is 50.1 Å². The second kappa shape index (κ2) is 8.91. The summed E-state index contributed by atoms with van der Waals surface area (Å²) >= 11 is 1.51. The Balaban J connectivity index is 2.04. The van der Waals surface area contributed by atoms with Gasteiger partial charge in [-0.15, -0.1) is 0 Å². The molecule has 6 heteroatoms. The van der Waals surface area contributed by atoms with Gasteiger partial charge < -0.3 is 19.0 Å². The van der Waals surface area contributed by atoms with Crippen molar-refractivity contribution in [1.29, 1.82) is 0 Å². The zero-order valence-electron chi connectivity index (χ0n) is 17.2. The monoisotopic (exact) mass is 414 g/mol. The fourth-order valence-electron chi connectivity index (χ4n) is 3.63. The summed E-state index contributed by atoms with van der Waals surface area (Å²) in [5.41, 5.74) is 1.01. The molecular formula is C23H26O5S. The number of hydrogen-bond acceptors (Lipinski definition) is 6. The molecule has 0 aliphatic carbocycles. The van der Waals surface area contributed by atoms with Crippen LogP contribution in [-0.2, 0) is 19.7 Å². The number of rotatable bonds is 8. The molecule has 3 rings (SSSR count). The van der Waals surface area contributed by atoms with E-state index in [2.05, 4.69) is 0 Å². The molecule has 0 amide bonds. The lowest BCUT2D eigenvalue weighted by atomic mass is 9.75. The lowest BCUT2D eigenvalue weighted by Crippen LogP contribution is -2.34. The van der Waals surface area contributed by atoms with Crippen molar-refractivity contribution in [3.63, 3.8) is 0 Å². The SMILES string of the molecule is COc1ccc([C@@]2(CCC(C)=O)CC(=O)O[C@@H]2Sc2ccc(C)cc2)cc1OC. The minimum absolute atomic E-state index is 0.0864. The normalized spacial score (nSPS) is 21.0. The van der Waals surface area contributed by atoms with Gasteiger partial charge >= 0.3 is 5.97 Å². The molecule has 29 heavy (non-hydrogen) atoms. The number of thioether (sulfide) groups is 1. The summed E-state index contributed by atoms with van der Waals surface area (Å²) in [6, 6.07) is 13.8. The van der Waals surface area contributed by atoms with Gasteiger partial charge in [0.05, 0.1) is 26.1 Å². The van der Waals surface area contributed by atoms with Gasteiger partial charge in [0, 0.05) is 11.3 Å². The Labute approximate surface area is 175 Å². The van der Waals surface area contributed by atoms with Crippen molar-refractivity contribution in [2.45, 2.75) is 48.9 Å². The molecule has 2 aromatic rings. The molecule has 1 saturated heterocycles. The van der Waals surface area contributed by atoms with E-state index < -0.39 is 10.9 Å². The van der Waals surface area contributed by atoms with Crippen molar-refractivity contribution >= 4 is 23.5 Å². The van der Waals surface area contributed by atoms with Crippen LogP contribution in [-0.4, -0.2) is 31.4 Å². The summed E-state index contributed by atoms with van der Waals surface area (Å²) in [6.45, 7) is 3.60. The van der Waals surface area contributed by atoms with Crippen LogP contribution in [0.1, 0.15) is 37.3 Å². The van der Waals surface area contributed by atoms with E-state index in [1.165, 1.54) is 17.3 Å². The topological polar surface area (TPSA) is 61.8 Å². The van der Waals surface area contributed by atoms with Crippen LogP contribution in [0.3, 0.4) is 0 Å². The quantitative estimate of drug-likeness (QED) is 0.584. The van der Waals surface area contributed by atoms with Gasteiger partial charge in [-0.3, -0.25) is 4.79 Å². The molecule has 0 spiro atoms. The molecule has 2 aromatic carbocycles. The van der Waals surface area contributed by atoms with Crippen LogP contribution in [0, 0.1) is 6.92 Å². The van der Waals surface area contributed by atoms with Crippen LogP contribution in [0.5, 0.6) is 11.5 Å². The van der Waals surface area contributed by atoms with E-state index >= 15 is 0 Å². The predicted octanol–water partition coefficient (Wildman–Crippen LogP) is 4.68. The third-order valence-corrected chi connectivity index (χ3v) is 6.60. The van der Waals surface area contributed by atoms with Gasteiger partial charge in [-0.25, -0.2) is 0 Å². The summed E-state index contributed by atoms with van der Waals surface area (Å²) in [7, 11) is 3.17. The largest absolute Gasteiger partial charge is 0.493 e. The maximum atomic E-state index is 12.4. The maximum Gasteiger partial charge on any atom is 0.308 e. The zero-order valence-corrected chi connectivity index (χ0v) is 18.0. The number of hydrogen-bond donors (Lipinski definition) is 0. The van der Waals surface area contributed by atoms with E-state index in [-0.39, 0.29) is 18.2 Å². The summed E-state index contributed by atoms with van der Waals surface area (Å²) in [4.78, 5) is 25.3. The first-order chi connectivity index (χ1) is 13.9. The van der Waals surface area contributed by atoms with Crippen molar-refractivity contribution in [3.8, 4) is 11.5 Å². The Bertz CT molecular complexity index is 893. The van der Waals surface area contributed by atoms with Crippen molar-refractivity contribution < 1.29 is 23.8 Å². The molecule has 0 bridgehead atoms. The third kappa shape index (κ3) is 4.58. The highest BCUT2D eigenvalue weighted by Crippen LogP contribution is 2.50. The first kappa shape index (κ1) is 21.2. The lowest BCUT2D eigenvalue weighted by molar-refractivity contribution is -0.138. The summed E-state index contributed by atoms with van der Waals surface area (Å²) in [5, 5.41) is 0. The minimum Gasteiger partial charge on any atom is -0.493 e. The number of esters is 1. The van der Waals surface area contributed by atoms with Gasteiger partial charge in [0.1, 0.15) is 5.78 Å². The Kier molecular flexibility index (Phi) is 6.52. The van der Waals surface area contributed by atoms with Crippen LogP contribution in [0.2, 0.25) is 0 Å². The Morgan fingerprint density at radius 3 is 2.45 bits per heavy atom. The van der Waals surface area contributed by atoms with Crippen LogP contribution in [0.15, 0.2) is 47.4 Å². The van der Waals surface area contributed by atoms with Gasteiger partial charge in [0.25, 0.3) is 0 Å². The van der Waals surface area contributed by atoms with Crippen molar-refractivity contribution in [2.24, 2.45) is 0 Å². The summed E-state index contributed by atoms with van der Waals surface area (Å²) < 4.78 is 16.6. The molecular weight excluding hydrogens is 388 g/mol. The number of Topliss-reactive ketones (excluding diaryl/α,β-unsaturated/α-hetero) is 1. The molecule has 0 saturated carbocycles. The number of ketones is 1. The smallest absolute Gasteiger partial charge is 0.308 e. The number of ether oxygens (including phenoxy) is 3. The maximum absolute atomic E-state index is 12.4. The Morgan fingerprint density at radius 2 is 1.83 bits per heavy atom. The van der Waals surface area contributed by atoms with Crippen LogP contribution >= 0.6 is 11.8 Å². The fraction of sp³-hybridized carbons (Fsp3) is 0.391. The van der Waals surface area contributed by atoms with E-state index in [1.807, 2.05) is 49.4 Å². The number of cyclic esters (lactones) is 1. The second-order valence-electron chi connectivity index (χ2n) is 7.36. The van der Waals surface area contributed by atoms with Crippen LogP contribution in [0.25, 0.3) is 0 Å². The lowest BCUT2D eigenvalue weighted by Gasteiger charge is -2.33.